The van der Waals surface area contributed by atoms with E-state index in [9.17, 15) is 4.79 Å². The lowest BCUT2D eigenvalue weighted by atomic mass is 10.2. The molecule has 2 aromatic rings. The summed E-state index contributed by atoms with van der Waals surface area (Å²) in [5, 5.41) is 9.99. The minimum absolute atomic E-state index is 0.0121. The van der Waals surface area contributed by atoms with Crippen molar-refractivity contribution in [3.8, 4) is 17.2 Å². The molecule has 7 heteroatoms. The molecule has 1 aromatic heterocycles. The molecule has 0 aliphatic rings. The van der Waals surface area contributed by atoms with Gasteiger partial charge < -0.3 is 20.2 Å². The number of nitrogens with zero attached hydrogens (tertiary/aromatic N) is 2. The van der Waals surface area contributed by atoms with E-state index in [1.807, 2.05) is 0 Å². The molecule has 2 rings (SSSR count). The number of nitrogens with two attached hydrogens (primary N) is 1. The van der Waals surface area contributed by atoms with E-state index in [-0.39, 0.29) is 17.8 Å². The Morgan fingerprint density at radius 3 is 2.78 bits per heavy atom. The summed E-state index contributed by atoms with van der Waals surface area (Å²) in [6, 6.07) is 5.09. The third-order valence-electron chi connectivity index (χ3n) is 2.20. The van der Waals surface area contributed by atoms with Crippen molar-refractivity contribution in [2.45, 2.75) is 6.92 Å². The quantitative estimate of drug-likeness (QED) is 0.848. The van der Waals surface area contributed by atoms with E-state index in [0.717, 1.165) is 0 Å². The first kappa shape index (κ1) is 11.9. The maximum absolute atomic E-state index is 11.1. The maximum atomic E-state index is 11.1. The van der Waals surface area contributed by atoms with Crippen LogP contribution < -0.4 is 15.8 Å². The second-order valence-corrected chi connectivity index (χ2v) is 3.54. The van der Waals surface area contributed by atoms with Crippen LogP contribution in [0.3, 0.4) is 0 Å². The minimum atomic E-state index is -0.199. The Morgan fingerprint density at radius 2 is 2.22 bits per heavy atom. The molecule has 1 amide bonds. The van der Waals surface area contributed by atoms with Crippen LogP contribution >= 0.6 is 0 Å². The fraction of sp³-hybridized carbons (Fsp3) is 0.182. The average Bonchev–Trinajstić information content (AvgIpc) is 2.75. The van der Waals surface area contributed by atoms with Gasteiger partial charge in [-0.05, 0) is 18.2 Å². The van der Waals surface area contributed by atoms with Gasteiger partial charge in [0.15, 0.2) is 0 Å². The number of amides is 1. The van der Waals surface area contributed by atoms with Crippen LogP contribution in [-0.4, -0.2) is 23.2 Å². The van der Waals surface area contributed by atoms with Crippen LogP contribution in [0.5, 0.6) is 5.75 Å². The molecule has 0 spiro atoms. The number of rotatable bonds is 3. The lowest BCUT2D eigenvalue weighted by Gasteiger charge is -2.09. The lowest BCUT2D eigenvalue weighted by molar-refractivity contribution is -0.114. The van der Waals surface area contributed by atoms with Crippen molar-refractivity contribution in [3.05, 3.63) is 18.2 Å². The van der Waals surface area contributed by atoms with Crippen LogP contribution in [0, 0.1) is 0 Å². The largest absolute Gasteiger partial charge is 0.495 e. The number of aromatic nitrogens is 2. The summed E-state index contributed by atoms with van der Waals surface area (Å²) >= 11 is 0. The average molecular weight is 248 g/mol. The zero-order valence-corrected chi connectivity index (χ0v) is 9.93. The Hall–Kier alpha value is -2.57. The number of carbonyl (C=O) groups excluding carboxylic acids is 1. The molecule has 0 atom stereocenters. The molecule has 18 heavy (non-hydrogen) atoms. The van der Waals surface area contributed by atoms with Gasteiger partial charge in [-0.25, -0.2) is 0 Å². The van der Waals surface area contributed by atoms with Crippen molar-refractivity contribution in [1.82, 2.24) is 10.2 Å². The summed E-state index contributed by atoms with van der Waals surface area (Å²) in [5.74, 6) is 0.624. The van der Waals surface area contributed by atoms with Crippen molar-refractivity contribution in [2.24, 2.45) is 0 Å². The van der Waals surface area contributed by atoms with E-state index in [2.05, 4.69) is 15.5 Å². The van der Waals surface area contributed by atoms with Gasteiger partial charge >= 0.3 is 6.01 Å². The summed E-state index contributed by atoms with van der Waals surface area (Å²) < 4.78 is 10.2. The summed E-state index contributed by atoms with van der Waals surface area (Å²) in [7, 11) is 1.52. The lowest BCUT2D eigenvalue weighted by Crippen LogP contribution is -2.07. The highest BCUT2D eigenvalue weighted by Crippen LogP contribution is 2.30. The van der Waals surface area contributed by atoms with Crippen LogP contribution in [0.15, 0.2) is 22.6 Å². The van der Waals surface area contributed by atoms with Gasteiger partial charge in [0.25, 0.3) is 0 Å². The molecule has 0 fully saturated rings. The Bertz CT molecular complexity index is 579. The molecule has 94 valence electrons. The van der Waals surface area contributed by atoms with Crippen molar-refractivity contribution < 1.29 is 13.9 Å². The zero-order valence-electron chi connectivity index (χ0n) is 9.93. The fourth-order valence-electron chi connectivity index (χ4n) is 1.48. The predicted octanol–water partition coefficient (Wildman–Crippen LogP) is 1.29. The monoisotopic (exact) mass is 248 g/mol. The highest BCUT2D eigenvalue weighted by atomic mass is 16.5. The molecule has 0 saturated carbocycles. The summed E-state index contributed by atoms with van der Waals surface area (Å²) in [5.41, 5.74) is 6.53. The molecular formula is C11H12N4O3. The third kappa shape index (κ3) is 2.40. The summed E-state index contributed by atoms with van der Waals surface area (Å²) in [6.45, 7) is 1.41. The normalized spacial score (nSPS) is 10.1. The highest BCUT2D eigenvalue weighted by molar-refractivity contribution is 5.91. The molecule has 0 radical (unpaired) electrons. The van der Waals surface area contributed by atoms with Crippen LogP contribution in [-0.2, 0) is 4.79 Å². The minimum Gasteiger partial charge on any atom is -0.495 e. The van der Waals surface area contributed by atoms with E-state index in [1.54, 1.807) is 18.2 Å². The first-order valence-electron chi connectivity index (χ1n) is 5.15. The van der Waals surface area contributed by atoms with Gasteiger partial charge in [-0.2, -0.15) is 0 Å². The van der Waals surface area contributed by atoms with E-state index >= 15 is 0 Å². The highest BCUT2D eigenvalue weighted by Gasteiger charge is 2.11. The number of ether oxygens (including phenoxy) is 1. The molecule has 0 unspecified atom stereocenters. The number of hydrogen-bond acceptors (Lipinski definition) is 6. The number of carbonyl (C=O) groups is 1. The molecule has 0 aliphatic heterocycles. The number of methoxy groups -OCH3 is 1. The van der Waals surface area contributed by atoms with Gasteiger partial charge in [0, 0.05) is 12.5 Å². The Labute approximate surface area is 103 Å². The van der Waals surface area contributed by atoms with Crippen molar-refractivity contribution in [3.63, 3.8) is 0 Å². The predicted molar refractivity (Wildman–Crippen MR) is 65.0 cm³/mol. The second-order valence-electron chi connectivity index (χ2n) is 3.54. The van der Waals surface area contributed by atoms with E-state index in [0.29, 0.717) is 17.0 Å². The topological polar surface area (TPSA) is 103 Å². The first-order valence-corrected chi connectivity index (χ1v) is 5.15. The fourth-order valence-corrected chi connectivity index (χ4v) is 1.48. The molecule has 1 heterocycles. The SMILES string of the molecule is COc1ccc(-c2nnc(N)o2)cc1NC(C)=O. The standard InChI is InChI=1S/C11H12N4O3/c1-6(16)13-8-5-7(3-4-9(8)17-2)10-14-15-11(12)18-10/h3-5H,1-2H3,(H2,12,15)(H,13,16). The van der Waals surface area contributed by atoms with Crippen molar-refractivity contribution >= 4 is 17.6 Å². The third-order valence-corrected chi connectivity index (χ3v) is 2.20. The van der Waals surface area contributed by atoms with E-state index < -0.39 is 0 Å². The number of nitrogen functional groups attached to an aromatic ring is 1. The van der Waals surface area contributed by atoms with Gasteiger partial charge in [0.2, 0.25) is 11.8 Å². The van der Waals surface area contributed by atoms with E-state index in [1.165, 1.54) is 14.0 Å². The van der Waals surface area contributed by atoms with Crippen LogP contribution in [0.1, 0.15) is 6.92 Å². The number of anilines is 2. The van der Waals surface area contributed by atoms with Crippen LogP contribution in [0.4, 0.5) is 11.7 Å². The van der Waals surface area contributed by atoms with Gasteiger partial charge in [0.1, 0.15) is 5.75 Å². The number of nitrogens with one attached hydrogen (secondary N) is 1. The van der Waals surface area contributed by atoms with Crippen molar-refractivity contribution in [1.29, 1.82) is 0 Å². The van der Waals surface area contributed by atoms with Crippen LogP contribution in [0.25, 0.3) is 11.5 Å². The Morgan fingerprint density at radius 1 is 1.44 bits per heavy atom. The van der Waals surface area contributed by atoms with E-state index in [4.69, 9.17) is 14.9 Å². The molecule has 0 bridgehead atoms. The Balaban J connectivity index is 2.41. The summed E-state index contributed by atoms with van der Waals surface area (Å²) in [4.78, 5) is 11.1. The van der Waals surface area contributed by atoms with Crippen LogP contribution in [0.2, 0.25) is 0 Å². The van der Waals surface area contributed by atoms with Gasteiger partial charge in [0.05, 0.1) is 12.8 Å². The molecule has 3 N–H and O–H groups in total. The molecule has 0 saturated heterocycles. The molecule has 7 nitrogen and oxygen atoms in total. The Kier molecular flexibility index (Phi) is 3.13. The second kappa shape index (κ2) is 4.74. The molecule has 1 aromatic carbocycles. The number of hydrogen-bond donors (Lipinski definition) is 2. The molecule has 0 aliphatic carbocycles. The zero-order chi connectivity index (χ0) is 13.1. The van der Waals surface area contributed by atoms with Gasteiger partial charge in [-0.3, -0.25) is 4.79 Å². The van der Waals surface area contributed by atoms with Gasteiger partial charge in [-0.15, -0.1) is 5.10 Å². The first-order chi connectivity index (χ1) is 8.60. The maximum Gasteiger partial charge on any atom is 0.313 e. The smallest absolute Gasteiger partial charge is 0.313 e. The van der Waals surface area contributed by atoms with Crippen molar-refractivity contribution in [2.75, 3.05) is 18.2 Å². The number of benzene rings is 1. The van der Waals surface area contributed by atoms with Gasteiger partial charge in [-0.1, -0.05) is 5.10 Å². The summed E-state index contributed by atoms with van der Waals surface area (Å²) in [6.07, 6.45) is 0. The molecular weight excluding hydrogens is 236 g/mol.